The number of fused-ring (bicyclic) bond motifs is 3. The average molecular weight is 615 g/mol. The standard InChI is InChI=1S/C33H29Cl2N5O3/c34-22-4-9-25(10-5-22)43-33(41)40-19-14-27-28-20-23(35)6-11-29(28)38-30(27)31(40)21-2-7-24(8-3-21)42-26-12-17-39(18-13-26)32-36-15-1-16-37-32/h1-11,15-16,20,26,31,38H,12-14,17-19H2. The highest BCUT2D eigenvalue weighted by Gasteiger charge is 2.36. The van der Waals surface area contributed by atoms with Crippen LogP contribution in [0.25, 0.3) is 10.9 Å². The Morgan fingerprint density at radius 2 is 1.56 bits per heavy atom. The molecule has 0 bridgehead atoms. The maximum atomic E-state index is 13.6. The van der Waals surface area contributed by atoms with Crippen molar-refractivity contribution in [2.24, 2.45) is 0 Å². The quantitative estimate of drug-likeness (QED) is 0.221. The van der Waals surface area contributed by atoms with E-state index in [1.54, 1.807) is 41.6 Å². The van der Waals surface area contributed by atoms with Crippen molar-refractivity contribution in [2.75, 3.05) is 24.5 Å². The summed E-state index contributed by atoms with van der Waals surface area (Å²) in [4.78, 5) is 29.8. The summed E-state index contributed by atoms with van der Waals surface area (Å²) >= 11 is 12.4. The molecule has 43 heavy (non-hydrogen) atoms. The number of nitrogens with zero attached hydrogens (tertiary/aromatic N) is 4. The van der Waals surface area contributed by atoms with Crippen LogP contribution in [0.15, 0.2) is 85.2 Å². The maximum Gasteiger partial charge on any atom is 0.416 e. The number of rotatable bonds is 5. The van der Waals surface area contributed by atoms with Crippen LogP contribution in [0.4, 0.5) is 10.7 Å². The molecule has 0 aliphatic carbocycles. The fraction of sp³-hybridized carbons (Fsp3) is 0.242. The lowest BCUT2D eigenvalue weighted by Crippen LogP contribution is -2.42. The molecule has 1 atom stereocenters. The van der Waals surface area contributed by atoms with Gasteiger partial charge in [0.1, 0.15) is 23.6 Å². The predicted octanol–water partition coefficient (Wildman–Crippen LogP) is 7.46. The zero-order valence-corrected chi connectivity index (χ0v) is 24.8. The minimum Gasteiger partial charge on any atom is -0.490 e. The van der Waals surface area contributed by atoms with Crippen LogP contribution < -0.4 is 14.4 Å². The summed E-state index contributed by atoms with van der Waals surface area (Å²) in [5, 5.41) is 2.33. The summed E-state index contributed by atoms with van der Waals surface area (Å²) in [5.41, 5.74) is 4.06. The van der Waals surface area contributed by atoms with E-state index in [1.807, 2.05) is 48.5 Å². The Labute approximate surface area is 259 Å². The van der Waals surface area contributed by atoms with E-state index in [1.165, 1.54) is 0 Å². The number of ether oxygens (including phenoxy) is 2. The Balaban J connectivity index is 1.13. The summed E-state index contributed by atoms with van der Waals surface area (Å²) < 4.78 is 12.2. The molecular weight excluding hydrogens is 585 g/mol. The summed E-state index contributed by atoms with van der Waals surface area (Å²) in [7, 11) is 0. The van der Waals surface area contributed by atoms with Gasteiger partial charge in [0.05, 0.1) is 0 Å². The molecule has 218 valence electrons. The van der Waals surface area contributed by atoms with Gasteiger partial charge in [0.15, 0.2) is 0 Å². The molecule has 2 aromatic heterocycles. The second kappa shape index (κ2) is 11.8. The van der Waals surface area contributed by atoms with Gasteiger partial charge in [-0.2, -0.15) is 0 Å². The number of aromatic amines is 1. The van der Waals surface area contributed by atoms with Crippen molar-refractivity contribution in [3.8, 4) is 11.5 Å². The van der Waals surface area contributed by atoms with Crippen molar-refractivity contribution >= 4 is 46.1 Å². The fourth-order valence-corrected chi connectivity index (χ4v) is 6.31. The zero-order valence-electron chi connectivity index (χ0n) is 23.2. The second-order valence-corrected chi connectivity index (χ2v) is 11.7. The van der Waals surface area contributed by atoms with Gasteiger partial charge in [-0.25, -0.2) is 14.8 Å². The number of H-pyrrole nitrogens is 1. The summed E-state index contributed by atoms with van der Waals surface area (Å²) in [6.07, 6.45) is 5.66. The molecule has 1 N–H and O–H groups in total. The topological polar surface area (TPSA) is 83.6 Å². The molecular formula is C33H29Cl2N5O3. The third kappa shape index (κ3) is 5.72. The number of amides is 1. The highest BCUT2D eigenvalue weighted by molar-refractivity contribution is 6.31. The fourth-order valence-electron chi connectivity index (χ4n) is 6.02. The molecule has 7 rings (SSSR count). The number of hydrogen-bond donors (Lipinski definition) is 1. The number of halogens is 2. The van der Waals surface area contributed by atoms with Gasteiger partial charge in [0.25, 0.3) is 0 Å². The van der Waals surface area contributed by atoms with Gasteiger partial charge >= 0.3 is 6.09 Å². The summed E-state index contributed by atoms with van der Waals surface area (Å²) in [6.45, 7) is 2.17. The second-order valence-electron chi connectivity index (χ2n) is 10.8. The van der Waals surface area contributed by atoms with Gasteiger partial charge in [-0.05, 0) is 78.2 Å². The molecule has 4 heterocycles. The first-order chi connectivity index (χ1) is 21.0. The van der Waals surface area contributed by atoms with Gasteiger partial charge in [-0.3, -0.25) is 4.90 Å². The third-order valence-corrected chi connectivity index (χ3v) is 8.60. The molecule has 10 heteroatoms. The molecule has 3 aromatic carbocycles. The SMILES string of the molecule is O=C(Oc1ccc(Cl)cc1)N1CCc2c([nH]c3ccc(Cl)cc23)C1c1ccc(OC2CCN(c3ncccn3)CC2)cc1. The van der Waals surface area contributed by atoms with Crippen LogP contribution in [0.3, 0.4) is 0 Å². The van der Waals surface area contributed by atoms with Gasteiger partial charge < -0.3 is 19.4 Å². The van der Waals surface area contributed by atoms with Crippen LogP contribution >= 0.6 is 23.2 Å². The van der Waals surface area contributed by atoms with Gasteiger partial charge in [0, 0.05) is 71.5 Å². The molecule has 1 fully saturated rings. The Hall–Kier alpha value is -4.27. The molecule has 1 unspecified atom stereocenters. The lowest BCUT2D eigenvalue weighted by Gasteiger charge is -2.35. The molecule has 0 spiro atoms. The van der Waals surface area contributed by atoms with Crippen molar-refractivity contribution in [1.82, 2.24) is 19.9 Å². The summed E-state index contributed by atoms with van der Waals surface area (Å²) in [5.74, 6) is 2.00. The zero-order chi connectivity index (χ0) is 29.3. The monoisotopic (exact) mass is 613 g/mol. The number of carbonyl (C=O) groups excluding carboxylic acids is 1. The number of piperidine rings is 1. The van der Waals surface area contributed by atoms with E-state index in [2.05, 4.69) is 19.9 Å². The van der Waals surface area contributed by atoms with Crippen LogP contribution in [0.5, 0.6) is 11.5 Å². The van der Waals surface area contributed by atoms with E-state index in [9.17, 15) is 4.79 Å². The lowest BCUT2D eigenvalue weighted by molar-refractivity contribution is 0.135. The lowest BCUT2D eigenvalue weighted by atomic mass is 9.92. The minimum absolute atomic E-state index is 0.108. The first-order valence-electron chi connectivity index (χ1n) is 14.3. The minimum atomic E-state index is -0.427. The molecule has 2 aliphatic rings. The normalized spacial score (nSPS) is 17.1. The average Bonchev–Trinajstić information content (AvgIpc) is 3.41. The number of carbonyl (C=O) groups is 1. The Bertz CT molecular complexity index is 1740. The van der Waals surface area contributed by atoms with Crippen LogP contribution in [-0.4, -0.2) is 51.7 Å². The van der Waals surface area contributed by atoms with E-state index in [-0.39, 0.29) is 12.1 Å². The van der Waals surface area contributed by atoms with Crippen LogP contribution in [0.2, 0.25) is 10.0 Å². The van der Waals surface area contributed by atoms with Gasteiger partial charge in [-0.15, -0.1) is 0 Å². The van der Waals surface area contributed by atoms with E-state index >= 15 is 0 Å². The summed E-state index contributed by atoms with van der Waals surface area (Å²) in [6, 6.07) is 22.1. The highest BCUT2D eigenvalue weighted by atomic mass is 35.5. The number of anilines is 1. The smallest absolute Gasteiger partial charge is 0.416 e. The van der Waals surface area contributed by atoms with Crippen molar-refractivity contribution in [1.29, 1.82) is 0 Å². The molecule has 8 nitrogen and oxygen atoms in total. The van der Waals surface area contributed by atoms with Crippen LogP contribution in [0.1, 0.15) is 35.7 Å². The molecule has 0 radical (unpaired) electrons. The van der Waals surface area contributed by atoms with Crippen LogP contribution in [0, 0.1) is 0 Å². The van der Waals surface area contributed by atoms with Crippen molar-refractivity contribution in [2.45, 2.75) is 31.4 Å². The molecule has 0 saturated carbocycles. The first-order valence-corrected chi connectivity index (χ1v) is 15.1. The number of benzene rings is 3. The maximum absolute atomic E-state index is 13.6. The molecule has 2 aliphatic heterocycles. The number of nitrogens with one attached hydrogen (secondary N) is 1. The van der Waals surface area contributed by atoms with Crippen LogP contribution in [-0.2, 0) is 6.42 Å². The van der Waals surface area contributed by atoms with Crippen molar-refractivity contribution < 1.29 is 14.3 Å². The Kier molecular flexibility index (Phi) is 7.55. The first kappa shape index (κ1) is 27.6. The third-order valence-electron chi connectivity index (χ3n) is 8.12. The van der Waals surface area contributed by atoms with Gasteiger partial charge in [-0.1, -0.05) is 35.3 Å². The van der Waals surface area contributed by atoms with E-state index < -0.39 is 6.09 Å². The predicted molar refractivity (Wildman–Crippen MR) is 167 cm³/mol. The van der Waals surface area contributed by atoms with E-state index in [0.29, 0.717) is 28.8 Å². The van der Waals surface area contributed by atoms with Gasteiger partial charge in [0.2, 0.25) is 5.95 Å². The molecule has 1 amide bonds. The number of hydrogen-bond acceptors (Lipinski definition) is 6. The Morgan fingerprint density at radius 3 is 2.30 bits per heavy atom. The largest absolute Gasteiger partial charge is 0.490 e. The Morgan fingerprint density at radius 1 is 0.860 bits per heavy atom. The molecule has 1 saturated heterocycles. The number of aromatic nitrogens is 3. The molecule has 5 aromatic rings. The van der Waals surface area contributed by atoms with Crippen molar-refractivity contribution in [3.05, 3.63) is 112 Å². The highest BCUT2D eigenvalue weighted by Crippen LogP contribution is 2.40. The van der Waals surface area contributed by atoms with Crippen molar-refractivity contribution in [3.63, 3.8) is 0 Å². The van der Waals surface area contributed by atoms with E-state index in [4.69, 9.17) is 32.7 Å². The van der Waals surface area contributed by atoms with E-state index in [0.717, 1.165) is 65.4 Å².